The van der Waals surface area contributed by atoms with E-state index in [4.69, 9.17) is 4.74 Å². The second kappa shape index (κ2) is 8.59. The summed E-state index contributed by atoms with van der Waals surface area (Å²) in [6.45, 7) is 0. The number of aromatic hydroxyl groups is 1. The van der Waals surface area contributed by atoms with Crippen LogP contribution in [-0.4, -0.2) is 38.1 Å². The number of nitrogens with zero attached hydrogens (tertiary/aromatic N) is 2. The summed E-state index contributed by atoms with van der Waals surface area (Å²) in [6.07, 6.45) is 3.44. The molecule has 0 aliphatic carbocycles. The lowest BCUT2D eigenvalue weighted by atomic mass is 10.0. The van der Waals surface area contributed by atoms with Crippen LogP contribution in [0, 0.1) is 0 Å². The number of aromatic nitrogens is 4. The lowest BCUT2D eigenvalue weighted by Crippen LogP contribution is -2.11. The molecule has 3 heterocycles. The van der Waals surface area contributed by atoms with E-state index in [2.05, 4.69) is 25.3 Å². The maximum atomic E-state index is 13.0. The fourth-order valence-corrected chi connectivity index (χ4v) is 4.31. The van der Waals surface area contributed by atoms with Crippen molar-refractivity contribution in [2.45, 2.75) is 0 Å². The van der Waals surface area contributed by atoms with Crippen LogP contribution >= 0.6 is 0 Å². The maximum absolute atomic E-state index is 13.0. The smallest absolute Gasteiger partial charge is 0.255 e. The average molecular weight is 476 g/mol. The Hall–Kier alpha value is -5.11. The molecule has 0 aliphatic rings. The van der Waals surface area contributed by atoms with Crippen LogP contribution in [0.15, 0.2) is 85.2 Å². The zero-order valence-electron chi connectivity index (χ0n) is 19.2. The van der Waals surface area contributed by atoms with Gasteiger partial charge in [0, 0.05) is 34.4 Å². The second-order valence-electron chi connectivity index (χ2n) is 8.31. The molecule has 4 N–H and O–H groups in total. The van der Waals surface area contributed by atoms with E-state index in [1.54, 1.807) is 49.8 Å². The minimum atomic E-state index is -0.236. The first kappa shape index (κ1) is 21.4. The molecule has 0 fully saturated rings. The number of carbonyl (C=O) groups excluding carboxylic acids is 1. The molecule has 0 aliphatic heterocycles. The van der Waals surface area contributed by atoms with Gasteiger partial charge in [0.15, 0.2) is 0 Å². The van der Waals surface area contributed by atoms with Gasteiger partial charge in [-0.2, -0.15) is 0 Å². The van der Waals surface area contributed by atoms with Gasteiger partial charge < -0.3 is 25.1 Å². The number of amides is 1. The van der Waals surface area contributed by atoms with E-state index in [0.29, 0.717) is 34.0 Å². The van der Waals surface area contributed by atoms with Crippen molar-refractivity contribution >= 4 is 33.5 Å². The number of ether oxygens (including phenoxy) is 1. The van der Waals surface area contributed by atoms with Crippen LogP contribution in [0.1, 0.15) is 10.4 Å². The van der Waals surface area contributed by atoms with Crippen molar-refractivity contribution in [2.24, 2.45) is 0 Å². The van der Waals surface area contributed by atoms with E-state index in [1.807, 2.05) is 42.5 Å². The minimum absolute atomic E-state index is 0.0814. The van der Waals surface area contributed by atoms with Gasteiger partial charge in [-0.05, 0) is 54.1 Å². The van der Waals surface area contributed by atoms with Gasteiger partial charge in [0.1, 0.15) is 11.6 Å². The molecule has 6 rings (SSSR count). The molecule has 0 atom stereocenters. The Bertz CT molecular complexity index is 1750. The van der Waals surface area contributed by atoms with E-state index in [0.717, 1.165) is 27.5 Å². The summed E-state index contributed by atoms with van der Waals surface area (Å²) in [5.74, 6) is 0.823. The van der Waals surface area contributed by atoms with E-state index in [1.165, 1.54) is 0 Å². The fourth-order valence-electron chi connectivity index (χ4n) is 4.31. The molecule has 8 nitrogen and oxygen atoms in total. The number of pyridine rings is 1. The number of phenolic OH excluding ortho intramolecular Hbond substituents is 1. The van der Waals surface area contributed by atoms with Crippen LogP contribution in [0.25, 0.3) is 44.5 Å². The Morgan fingerprint density at radius 3 is 2.75 bits per heavy atom. The largest absolute Gasteiger partial charge is 0.507 e. The number of hydrogen-bond donors (Lipinski definition) is 4. The Morgan fingerprint density at radius 2 is 1.86 bits per heavy atom. The molecular formula is C28H21N5O3. The molecule has 3 aromatic carbocycles. The fraction of sp³-hybridized carbons (Fsp3) is 0.0357. The van der Waals surface area contributed by atoms with Crippen LogP contribution < -0.4 is 10.1 Å². The summed E-state index contributed by atoms with van der Waals surface area (Å²) in [4.78, 5) is 28.3. The third-order valence-electron chi connectivity index (χ3n) is 6.11. The van der Waals surface area contributed by atoms with E-state index in [9.17, 15) is 9.90 Å². The molecule has 0 unspecified atom stereocenters. The van der Waals surface area contributed by atoms with Gasteiger partial charge in [0.05, 0.1) is 29.4 Å². The van der Waals surface area contributed by atoms with E-state index >= 15 is 0 Å². The number of hydrogen-bond acceptors (Lipinski definition) is 5. The summed E-state index contributed by atoms with van der Waals surface area (Å²) in [5.41, 5.74) is 5.65. The van der Waals surface area contributed by atoms with Gasteiger partial charge in [-0.1, -0.05) is 24.3 Å². The molecule has 6 aromatic rings. The van der Waals surface area contributed by atoms with Crippen molar-refractivity contribution in [3.8, 4) is 34.1 Å². The third-order valence-corrected chi connectivity index (χ3v) is 6.11. The molecular weight excluding hydrogens is 454 g/mol. The zero-order valence-corrected chi connectivity index (χ0v) is 19.2. The molecule has 3 aromatic heterocycles. The highest BCUT2D eigenvalue weighted by Gasteiger charge is 2.16. The number of methoxy groups -OCH3 is 1. The van der Waals surface area contributed by atoms with Gasteiger partial charge in [-0.3, -0.25) is 4.79 Å². The Kier molecular flexibility index (Phi) is 5.11. The van der Waals surface area contributed by atoms with Gasteiger partial charge >= 0.3 is 0 Å². The summed E-state index contributed by atoms with van der Waals surface area (Å²) in [7, 11) is 1.57. The number of rotatable bonds is 5. The van der Waals surface area contributed by atoms with Gasteiger partial charge in [-0.15, -0.1) is 0 Å². The van der Waals surface area contributed by atoms with Crippen molar-refractivity contribution in [3.05, 3.63) is 90.8 Å². The quantitative estimate of drug-likeness (QED) is 0.254. The zero-order chi connectivity index (χ0) is 24.6. The molecule has 176 valence electrons. The highest BCUT2D eigenvalue weighted by Crippen LogP contribution is 2.35. The summed E-state index contributed by atoms with van der Waals surface area (Å²) >= 11 is 0. The number of benzene rings is 3. The van der Waals surface area contributed by atoms with E-state index in [-0.39, 0.29) is 11.7 Å². The maximum Gasteiger partial charge on any atom is 0.255 e. The van der Waals surface area contributed by atoms with Crippen molar-refractivity contribution < 1.29 is 14.6 Å². The lowest BCUT2D eigenvalue weighted by Gasteiger charge is -2.09. The predicted octanol–water partition coefficient (Wildman–Crippen LogP) is 5.74. The Morgan fingerprint density at radius 1 is 0.972 bits per heavy atom. The Labute approximate surface area is 205 Å². The SMILES string of the molecule is COc1ncccc1-c1ccc(O)c(-c2nc3cc(C(=O)Nc4c[nH]c5ccccc45)ccc3[nH]2)c1. The first-order chi connectivity index (χ1) is 17.6. The molecule has 8 heteroatoms. The summed E-state index contributed by atoms with van der Waals surface area (Å²) < 4.78 is 5.38. The number of phenols is 1. The number of aromatic amines is 2. The van der Waals surface area contributed by atoms with Crippen LogP contribution in [-0.2, 0) is 0 Å². The topological polar surface area (TPSA) is 116 Å². The normalized spacial score (nSPS) is 11.1. The first-order valence-electron chi connectivity index (χ1n) is 11.3. The van der Waals surface area contributed by atoms with Crippen molar-refractivity contribution in [2.75, 3.05) is 12.4 Å². The molecule has 0 saturated heterocycles. The highest BCUT2D eigenvalue weighted by molar-refractivity contribution is 6.10. The van der Waals surface area contributed by atoms with Crippen LogP contribution in [0.4, 0.5) is 5.69 Å². The van der Waals surface area contributed by atoms with Crippen molar-refractivity contribution in [1.29, 1.82) is 0 Å². The third kappa shape index (κ3) is 3.70. The first-order valence-corrected chi connectivity index (χ1v) is 11.3. The Balaban J connectivity index is 1.33. The molecule has 1 amide bonds. The number of imidazole rings is 1. The molecule has 36 heavy (non-hydrogen) atoms. The van der Waals surface area contributed by atoms with Gasteiger partial charge in [-0.25, -0.2) is 9.97 Å². The minimum Gasteiger partial charge on any atom is -0.507 e. The number of H-pyrrole nitrogens is 2. The second-order valence-corrected chi connectivity index (χ2v) is 8.31. The van der Waals surface area contributed by atoms with Crippen LogP contribution in [0.2, 0.25) is 0 Å². The number of anilines is 1. The lowest BCUT2D eigenvalue weighted by molar-refractivity contribution is 0.102. The van der Waals surface area contributed by atoms with Crippen LogP contribution in [0.3, 0.4) is 0 Å². The van der Waals surface area contributed by atoms with Crippen molar-refractivity contribution in [1.82, 2.24) is 19.9 Å². The molecule has 0 radical (unpaired) electrons. The number of fused-ring (bicyclic) bond motifs is 2. The predicted molar refractivity (Wildman–Crippen MR) is 139 cm³/mol. The number of para-hydroxylation sites is 1. The monoisotopic (exact) mass is 475 g/mol. The number of carbonyl (C=O) groups is 1. The molecule has 0 spiro atoms. The molecule has 0 saturated carbocycles. The summed E-state index contributed by atoms with van der Waals surface area (Å²) in [6, 6.07) is 22.0. The number of nitrogens with one attached hydrogen (secondary N) is 3. The highest BCUT2D eigenvalue weighted by atomic mass is 16.5. The molecule has 0 bridgehead atoms. The van der Waals surface area contributed by atoms with Crippen molar-refractivity contribution in [3.63, 3.8) is 0 Å². The standard InChI is InChI=1S/C28H21N5O3/c1-36-28-18(6-4-12-29-28)16-9-11-25(34)20(13-16)26-31-22-10-8-17(14-23(22)32-26)27(35)33-24-15-30-21-7-3-2-5-19(21)24/h2-15,30,34H,1H3,(H,31,32)(H,33,35). The summed E-state index contributed by atoms with van der Waals surface area (Å²) in [5, 5.41) is 14.5. The van der Waals surface area contributed by atoms with Crippen LogP contribution in [0.5, 0.6) is 11.6 Å². The average Bonchev–Trinajstić information content (AvgIpc) is 3.52. The van der Waals surface area contributed by atoms with Gasteiger partial charge in [0.25, 0.3) is 5.91 Å². The van der Waals surface area contributed by atoms with E-state index < -0.39 is 0 Å². The van der Waals surface area contributed by atoms with Gasteiger partial charge in [0.2, 0.25) is 5.88 Å².